The maximum atomic E-state index is 10.5. The SMILES string of the molecule is Cc1ccc(/C=C/c2cccc[n+]2CCCCC(=O)O)cc1.[Cl-]. The molecule has 0 aliphatic rings. The average molecular weight is 332 g/mol. The van der Waals surface area contributed by atoms with E-state index in [2.05, 4.69) is 54.0 Å². The Kier molecular flexibility index (Phi) is 8.06. The van der Waals surface area contributed by atoms with Gasteiger partial charge in [-0.1, -0.05) is 29.8 Å². The van der Waals surface area contributed by atoms with Gasteiger partial charge in [-0.05, 0) is 31.1 Å². The van der Waals surface area contributed by atoms with Crippen molar-refractivity contribution in [3.63, 3.8) is 0 Å². The van der Waals surface area contributed by atoms with E-state index in [9.17, 15) is 4.79 Å². The second kappa shape index (κ2) is 9.80. The number of aryl methyl sites for hydroxylation is 2. The molecule has 1 N–H and O–H groups in total. The highest BCUT2D eigenvalue weighted by molar-refractivity contribution is 5.67. The van der Waals surface area contributed by atoms with Crippen LogP contribution in [0, 0.1) is 6.92 Å². The first kappa shape index (κ1) is 18.9. The van der Waals surface area contributed by atoms with Crippen molar-refractivity contribution in [3.8, 4) is 0 Å². The molecule has 0 bridgehead atoms. The van der Waals surface area contributed by atoms with Gasteiger partial charge in [-0.3, -0.25) is 4.79 Å². The molecule has 0 spiro atoms. The molecule has 0 unspecified atom stereocenters. The summed E-state index contributed by atoms with van der Waals surface area (Å²) in [5.41, 5.74) is 3.55. The lowest BCUT2D eigenvalue weighted by atomic mass is 10.1. The summed E-state index contributed by atoms with van der Waals surface area (Å²) in [5.74, 6) is -0.724. The third-order valence-electron chi connectivity index (χ3n) is 3.54. The van der Waals surface area contributed by atoms with Gasteiger partial charge in [-0.15, -0.1) is 0 Å². The summed E-state index contributed by atoms with van der Waals surface area (Å²) in [6.07, 6.45) is 8.05. The van der Waals surface area contributed by atoms with E-state index in [0.29, 0.717) is 6.42 Å². The van der Waals surface area contributed by atoms with Gasteiger partial charge in [0.25, 0.3) is 0 Å². The largest absolute Gasteiger partial charge is 1.00 e. The highest BCUT2D eigenvalue weighted by Gasteiger charge is 2.06. The van der Waals surface area contributed by atoms with Crippen LogP contribution in [0.5, 0.6) is 0 Å². The molecule has 1 aromatic carbocycles. The molecule has 0 saturated heterocycles. The van der Waals surface area contributed by atoms with Crippen molar-refractivity contribution in [2.24, 2.45) is 0 Å². The van der Waals surface area contributed by atoms with Crippen LogP contribution in [0.2, 0.25) is 0 Å². The number of nitrogens with zero attached hydrogens (tertiary/aromatic N) is 1. The van der Waals surface area contributed by atoms with Crippen molar-refractivity contribution < 1.29 is 26.9 Å². The van der Waals surface area contributed by atoms with E-state index < -0.39 is 5.97 Å². The maximum Gasteiger partial charge on any atom is 0.303 e. The number of rotatable bonds is 7. The van der Waals surface area contributed by atoms with Gasteiger partial charge in [-0.2, -0.15) is 4.57 Å². The van der Waals surface area contributed by atoms with E-state index in [1.165, 1.54) is 11.1 Å². The van der Waals surface area contributed by atoms with Crippen molar-refractivity contribution >= 4 is 18.1 Å². The third kappa shape index (κ3) is 6.66. The molecule has 122 valence electrons. The molecule has 0 amide bonds. The minimum Gasteiger partial charge on any atom is -1.00 e. The number of halogens is 1. The van der Waals surface area contributed by atoms with Crippen LogP contribution >= 0.6 is 0 Å². The molecule has 0 aliphatic heterocycles. The van der Waals surface area contributed by atoms with Crippen molar-refractivity contribution in [2.45, 2.75) is 32.7 Å². The van der Waals surface area contributed by atoms with E-state index in [1.807, 2.05) is 18.3 Å². The number of carboxylic acid groups (broad SMARTS) is 1. The standard InChI is InChI=1S/C19H21NO2.ClH/c1-16-8-10-17(11-9-16)12-13-18-6-2-4-14-20(18)15-5-3-7-19(21)22;/h2,4,6,8-14H,3,5,7,15H2,1H3;1H/b13-12+;. The zero-order valence-corrected chi connectivity index (χ0v) is 14.0. The molecule has 1 aromatic heterocycles. The molecule has 4 heteroatoms. The zero-order valence-electron chi connectivity index (χ0n) is 13.3. The first-order valence-corrected chi connectivity index (χ1v) is 7.60. The number of carboxylic acids is 1. The number of hydrogen-bond donors (Lipinski definition) is 1. The van der Waals surface area contributed by atoms with Crippen LogP contribution < -0.4 is 17.0 Å². The molecular formula is C19H22ClNO2. The molecule has 0 aliphatic carbocycles. The fraction of sp³-hybridized carbons (Fsp3) is 0.263. The highest BCUT2D eigenvalue weighted by Crippen LogP contribution is 2.07. The number of carbonyl (C=O) groups is 1. The van der Waals surface area contributed by atoms with Gasteiger partial charge in [0.1, 0.15) is 6.54 Å². The van der Waals surface area contributed by atoms with Crippen LogP contribution in [0.1, 0.15) is 36.1 Å². The van der Waals surface area contributed by atoms with E-state index in [4.69, 9.17) is 5.11 Å². The normalized spacial score (nSPS) is 10.5. The quantitative estimate of drug-likeness (QED) is 0.600. The van der Waals surface area contributed by atoms with Crippen LogP contribution in [-0.2, 0) is 11.3 Å². The number of aliphatic carboxylic acids is 1. The monoisotopic (exact) mass is 331 g/mol. The van der Waals surface area contributed by atoms with E-state index in [1.54, 1.807) is 0 Å². The Morgan fingerprint density at radius 3 is 2.52 bits per heavy atom. The first-order chi connectivity index (χ1) is 10.6. The Bertz CT molecular complexity index is 651. The average Bonchev–Trinajstić information content (AvgIpc) is 2.52. The predicted octanol–water partition coefficient (Wildman–Crippen LogP) is 0.712. The van der Waals surface area contributed by atoms with Crippen LogP contribution in [0.3, 0.4) is 0 Å². The van der Waals surface area contributed by atoms with Crippen molar-refractivity contribution in [2.75, 3.05) is 0 Å². The molecule has 2 aromatic rings. The molecule has 3 nitrogen and oxygen atoms in total. The topological polar surface area (TPSA) is 41.2 Å². The van der Waals surface area contributed by atoms with Crippen LogP contribution in [0.15, 0.2) is 48.7 Å². The van der Waals surface area contributed by atoms with Crippen LogP contribution in [-0.4, -0.2) is 11.1 Å². The predicted molar refractivity (Wildman–Crippen MR) is 88.2 cm³/mol. The fourth-order valence-electron chi connectivity index (χ4n) is 2.26. The van der Waals surface area contributed by atoms with Gasteiger partial charge in [0.15, 0.2) is 6.20 Å². The van der Waals surface area contributed by atoms with Gasteiger partial charge in [0, 0.05) is 31.1 Å². The molecule has 0 fully saturated rings. The van der Waals surface area contributed by atoms with Crippen LogP contribution in [0.4, 0.5) is 0 Å². The number of unbranched alkanes of at least 4 members (excludes halogenated alkanes) is 1. The van der Waals surface area contributed by atoms with E-state index >= 15 is 0 Å². The Morgan fingerprint density at radius 2 is 1.83 bits per heavy atom. The lowest BCUT2D eigenvalue weighted by molar-refractivity contribution is -0.699. The molecule has 0 radical (unpaired) electrons. The Morgan fingerprint density at radius 1 is 1.09 bits per heavy atom. The summed E-state index contributed by atoms with van der Waals surface area (Å²) in [7, 11) is 0. The van der Waals surface area contributed by atoms with Gasteiger partial charge in [-0.25, -0.2) is 0 Å². The molecular weight excluding hydrogens is 310 g/mol. The van der Waals surface area contributed by atoms with Crippen molar-refractivity contribution in [1.29, 1.82) is 0 Å². The van der Waals surface area contributed by atoms with Gasteiger partial charge >= 0.3 is 5.97 Å². The lowest BCUT2D eigenvalue weighted by Gasteiger charge is -2.00. The molecule has 1 heterocycles. The second-order valence-electron chi connectivity index (χ2n) is 5.41. The Labute approximate surface area is 143 Å². The summed E-state index contributed by atoms with van der Waals surface area (Å²) in [6.45, 7) is 2.91. The molecule has 0 atom stereocenters. The summed E-state index contributed by atoms with van der Waals surface area (Å²) >= 11 is 0. The summed E-state index contributed by atoms with van der Waals surface area (Å²) < 4.78 is 2.16. The van der Waals surface area contributed by atoms with Crippen molar-refractivity contribution in [1.82, 2.24) is 0 Å². The number of hydrogen-bond acceptors (Lipinski definition) is 1. The van der Waals surface area contributed by atoms with Gasteiger partial charge in [0.2, 0.25) is 5.69 Å². The fourth-order valence-corrected chi connectivity index (χ4v) is 2.26. The minimum atomic E-state index is -0.724. The van der Waals surface area contributed by atoms with Gasteiger partial charge in [0.05, 0.1) is 0 Å². The van der Waals surface area contributed by atoms with E-state index in [0.717, 1.165) is 18.7 Å². The minimum absolute atomic E-state index is 0. The summed E-state index contributed by atoms with van der Waals surface area (Å²) in [5, 5.41) is 8.68. The Balaban J connectivity index is 0.00000264. The highest BCUT2D eigenvalue weighted by atomic mass is 35.5. The number of aromatic nitrogens is 1. The molecule has 0 saturated carbocycles. The van der Waals surface area contributed by atoms with Crippen LogP contribution in [0.25, 0.3) is 12.2 Å². The zero-order chi connectivity index (χ0) is 15.8. The first-order valence-electron chi connectivity index (χ1n) is 7.60. The molecule has 23 heavy (non-hydrogen) atoms. The Hall–Kier alpha value is -2.13. The van der Waals surface area contributed by atoms with Crippen molar-refractivity contribution in [3.05, 3.63) is 65.5 Å². The summed E-state index contributed by atoms with van der Waals surface area (Å²) in [4.78, 5) is 10.5. The summed E-state index contributed by atoms with van der Waals surface area (Å²) in [6, 6.07) is 14.5. The number of benzene rings is 1. The number of pyridine rings is 1. The third-order valence-corrected chi connectivity index (χ3v) is 3.54. The maximum absolute atomic E-state index is 10.5. The molecule has 2 rings (SSSR count). The van der Waals surface area contributed by atoms with E-state index in [-0.39, 0.29) is 18.8 Å². The lowest BCUT2D eigenvalue weighted by Crippen LogP contribution is -3.00. The smallest absolute Gasteiger partial charge is 0.303 e. The second-order valence-corrected chi connectivity index (χ2v) is 5.41. The van der Waals surface area contributed by atoms with Gasteiger partial charge < -0.3 is 17.5 Å².